The number of nitrogens with one attached hydrogen (secondary N) is 1. The van der Waals surface area contributed by atoms with E-state index in [0.29, 0.717) is 5.92 Å². The molecule has 1 fully saturated rings. The molecule has 0 heterocycles. The zero-order chi connectivity index (χ0) is 13.8. The molecule has 0 aromatic heterocycles. The third kappa shape index (κ3) is 5.29. The van der Waals surface area contributed by atoms with Crippen LogP contribution in [0.5, 0.6) is 0 Å². The van der Waals surface area contributed by atoms with Crippen molar-refractivity contribution in [2.24, 2.45) is 10.9 Å². The molecule has 1 aliphatic carbocycles. The molecule has 0 unspecified atom stereocenters. The van der Waals surface area contributed by atoms with Gasteiger partial charge in [0.1, 0.15) is 5.60 Å². The number of amides is 1. The summed E-state index contributed by atoms with van der Waals surface area (Å²) in [5.41, 5.74) is -0.436. The molecule has 1 N–H and O–H groups in total. The first-order valence-electron chi connectivity index (χ1n) is 6.47. The second kappa shape index (κ2) is 6.45. The molecule has 1 amide bonds. The van der Waals surface area contributed by atoms with Gasteiger partial charge in [0, 0.05) is 19.0 Å². The van der Waals surface area contributed by atoms with Crippen molar-refractivity contribution in [3.63, 3.8) is 0 Å². The van der Waals surface area contributed by atoms with Crippen LogP contribution in [0.3, 0.4) is 0 Å². The lowest BCUT2D eigenvalue weighted by molar-refractivity contribution is 0.0491. The van der Waals surface area contributed by atoms with E-state index in [1.165, 1.54) is 0 Å². The van der Waals surface area contributed by atoms with Crippen molar-refractivity contribution in [3.8, 4) is 0 Å². The van der Waals surface area contributed by atoms with Crippen LogP contribution in [0.25, 0.3) is 0 Å². The minimum atomic E-state index is -0.436. The third-order valence-corrected chi connectivity index (χ3v) is 3.61. The summed E-state index contributed by atoms with van der Waals surface area (Å²) in [6.07, 6.45) is 3.65. The van der Waals surface area contributed by atoms with Crippen LogP contribution in [0.15, 0.2) is 4.99 Å². The average Bonchev–Trinajstić information content (AvgIpc) is 2.26. The van der Waals surface area contributed by atoms with E-state index in [-0.39, 0.29) is 12.1 Å². The highest BCUT2D eigenvalue weighted by atomic mass is 32.1. The van der Waals surface area contributed by atoms with Crippen molar-refractivity contribution in [3.05, 3.63) is 0 Å². The van der Waals surface area contributed by atoms with Crippen LogP contribution in [0.4, 0.5) is 4.79 Å². The quantitative estimate of drug-likeness (QED) is 0.461. The Bertz CT molecular complexity index is 315. The number of rotatable bonds is 2. The fraction of sp³-hybridized carbons (Fsp3) is 0.846. The summed E-state index contributed by atoms with van der Waals surface area (Å²) >= 11 is 4.37. The Morgan fingerprint density at radius 3 is 2.28 bits per heavy atom. The Kier molecular flexibility index (Phi) is 5.50. The predicted molar refractivity (Wildman–Crippen MR) is 77.5 cm³/mol. The van der Waals surface area contributed by atoms with E-state index in [9.17, 15) is 4.79 Å². The number of alkyl carbamates (subject to hydrolysis) is 1. The van der Waals surface area contributed by atoms with E-state index < -0.39 is 5.60 Å². The Morgan fingerprint density at radius 2 is 1.83 bits per heavy atom. The van der Waals surface area contributed by atoms with Crippen molar-refractivity contribution >= 4 is 23.8 Å². The molecule has 18 heavy (non-hydrogen) atoms. The number of thiol groups is 1. The highest BCUT2D eigenvalue weighted by Gasteiger charge is 2.25. The van der Waals surface area contributed by atoms with Crippen molar-refractivity contribution in [2.75, 3.05) is 7.05 Å². The number of carbonyl (C=O) groups is 1. The van der Waals surface area contributed by atoms with E-state index in [4.69, 9.17) is 4.74 Å². The molecule has 0 aliphatic heterocycles. The van der Waals surface area contributed by atoms with Gasteiger partial charge in [-0.1, -0.05) is 0 Å². The van der Waals surface area contributed by atoms with Gasteiger partial charge in [0.25, 0.3) is 0 Å². The molecule has 0 aromatic rings. The molecule has 0 radical (unpaired) electrons. The van der Waals surface area contributed by atoms with Crippen LogP contribution in [0, 0.1) is 5.92 Å². The number of nitrogens with zero attached hydrogens (tertiary/aromatic N) is 1. The highest BCUT2D eigenvalue weighted by molar-refractivity contribution is 7.97. The second-order valence-electron chi connectivity index (χ2n) is 5.78. The van der Waals surface area contributed by atoms with Crippen LogP contribution >= 0.6 is 12.6 Å². The average molecular weight is 272 g/mol. The number of carbonyl (C=O) groups excluding carboxylic acids is 1. The van der Waals surface area contributed by atoms with Crippen molar-refractivity contribution < 1.29 is 9.53 Å². The SMILES string of the molecule is CN=C(S)C1CCC(NC(=O)OC(C)(C)C)CC1. The van der Waals surface area contributed by atoms with Crippen molar-refractivity contribution in [2.45, 2.75) is 58.1 Å². The highest BCUT2D eigenvalue weighted by Crippen LogP contribution is 2.26. The van der Waals surface area contributed by atoms with Gasteiger partial charge in [-0.2, -0.15) is 0 Å². The van der Waals surface area contributed by atoms with Crippen LogP contribution in [-0.2, 0) is 4.74 Å². The first-order valence-corrected chi connectivity index (χ1v) is 6.91. The maximum absolute atomic E-state index is 11.6. The topological polar surface area (TPSA) is 50.7 Å². The van der Waals surface area contributed by atoms with E-state index in [2.05, 4.69) is 22.9 Å². The summed E-state index contributed by atoms with van der Waals surface area (Å²) in [5, 5.41) is 3.85. The first kappa shape index (κ1) is 15.3. The van der Waals surface area contributed by atoms with Gasteiger partial charge in [-0.15, -0.1) is 12.6 Å². The van der Waals surface area contributed by atoms with Crippen molar-refractivity contribution in [1.29, 1.82) is 0 Å². The maximum Gasteiger partial charge on any atom is 0.407 e. The summed E-state index contributed by atoms with van der Waals surface area (Å²) < 4.78 is 5.25. The Hall–Kier alpha value is -0.710. The lowest BCUT2D eigenvalue weighted by Gasteiger charge is -2.29. The van der Waals surface area contributed by atoms with Crippen LogP contribution in [-0.4, -0.2) is 29.8 Å². The molecule has 0 atom stereocenters. The fourth-order valence-electron chi connectivity index (χ4n) is 2.15. The molecule has 5 heteroatoms. The number of aliphatic imine (C=N–C) groups is 1. The Labute approximate surface area is 115 Å². The summed E-state index contributed by atoms with van der Waals surface area (Å²) in [4.78, 5) is 15.7. The zero-order valence-corrected chi connectivity index (χ0v) is 12.6. The van der Waals surface area contributed by atoms with Crippen LogP contribution in [0.2, 0.25) is 0 Å². The van der Waals surface area contributed by atoms with Gasteiger partial charge < -0.3 is 10.1 Å². The molecular formula is C13H24N2O2S. The second-order valence-corrected chi connectivity index (χ2v) is 6.23. The van der Waals surface area contributed by atoms with Crippen LogP contribution < -0.4 is 5.32 Å². The van der Waals surface area contributed by atoms with Gasteiger partial charge in [0.05, 0.1) is 5.04 Å². The zero-order valence-electron chi connectivity index (χ0n) is 11.7. The third-order valence-electron chi connectivity index (χ3n) is 3.04. The fourth-order valence-corrected chi connectivity index (χ4v) is 2.41. The van der Waals surface area contributed by atoms with E-state index in [1.807, 2.05) is 20.8 Å². The minimum absolute atomic E-state index is 0.217. The molecule has 0 saturated heterocycles. The van der Waals surface area contributed by atoms with Gasteiger partial charge in [0.15, 0.2) is 0 Å². The molecular weight excluding hydrogens is 248 g/mol. The summed E-state index contributed by atoms with van der Waals surface area (Å²) in [5.74, 6) is 0.454. The number of ether oxygens (including phenoxy) is 1. The minimum Gasteiger partial charge on any atom is -0.444 e. The molecule has 104 valence electrons. The summed E-state index contributed by atoms with van der Waals surface area (Å²) in [7, 11) is 1.77. The van der Waals surface area contributed by atoms with E-state index in [1.54, 1.807) is 7.05 Å². The normalized spacial score (nSPS) is 25.7. The van der Waals surface area contributed by atoms with Gasteiger partial charge in [-0.25, -0.2) is 4.79 Å². The summed E-state index contributed by atoms with van der Waals surface area (Å²) in [6, 6.07) is 0.217. The molecule has 4 nitrogen and oxygen atoms in total. The standard InChI is InChI=1S/C13H24N2O2S/c1-13(2,3)17-12(16)15-10-7-5-9(6-8-10)11(18)14-4/h9-10H,5-8H2,1-4H3,(H,14,18)(H,15,16). The monoisotopic (exact) mass is 272 g/mol. The molecule has 0 aromatic carbocycles. The van der Waals surface area contributed by atoms with Gasteiger partial charge in [-0.3, -0.25) is 4.99 Å². The number of hydrogen-bond donors (Lipinski definition) is 2. The van der Waals surface area contributed by atoms with E-state index >= 15 is 0 Å². The molecule has 0 spiro atoms. The first-order chi connectivity index (χ1) is 8.31. The largest absolute Gasteiger partial charge is 0.444 e. The van der Waals surface area contributed by atoms with Gasteiger partial charge >= 0.3 is 6.09 Å². The Balaban J connectivity index is 2.34. The molecule has 1 saturated carbocycles. The smallest absolute Gasteiger partial charge is 0.407 e. The number of hydrogen-bond acceptors (Lipinski definition) is 3. The lowest BCUT2D eigenvalue weighted by Crippen LogP contribution is -2.41. The summed E-state index contributed by atoms with van der Waals surface area (Å²) in [6.45, 7) is 5.61. The maximum atomic E-state index is 11.6. The lowest BCUT2D eigenvalue weighted by atomic mass is 9.86. The van der Waals surface area contributed by atoms with E-state index in [0.717, 1.165) is 30.7 Å². The molecule has 1 aliphatic rings. The Morgan fingerprint density at radius 1 is 1.28 bits per heavy atom. The van der Waals surface area contributed by atoms with Crippen LogP contribution in [0.1, 0.15) is 46.5 Å². The van der Waals surface area contributed by atoms with Gasteiger partial charge in [0.2, 0.25) is 0 Å². The van der Waals surface area contributed by atoms with Crippen molar-refractivity contribution in [1.82, 2.24) is 5.32 Å². The van der Waals surface area contributed by atoms with Gasteiger partial charge in [-0.05, 0) is 46.5 Å². The molecule has 1 rings (SSSR count). The predicted octanol–water partition coefficient (Wildman–Crippen LogP) is 3.03. The molecule has 0 bridgehead atoms.